The van der Waals surface area contributed by atoms with E-state index in [4.69, 9.17) is 28.2 Å². The number of nitrogens with zero attached hydrogens (tertiary/aromatic N) is 4. The van der Waals surface area contributed by atoms with Crippen molar-refractivity contribution in [2.45, 2.75) is 23.4 Å². The first kappa shape index (κ1) is 23.5. The van der Waals surface area contributed by atoms with E-state index in [1.54, 1.807) is 18.2 Å². The van der Waals surface area contributed by atoms with E-state index in [-0.39, 0.29) is 11.5 Å². The maximum absolute atomic E-state index is 12.6. The summed E-state index contributed by atoms with van der Waals surface area (Å²) in [6.07, 6.45) is 1.15. The van der Waals surface area contributed by atoms with Crippen molar-refractivity contribution in [1.82, 2.24) is 20.2 Å². The lowest BCUT2D eigenvalue weighted by Gasteiger charge is -2.32. The van der Waals surface area contributed by atoms with Crippen molar-refractivity contribution >= 4 is 64.0 Å². The van der Waals surface area contributed by atoms with Crippen LogP contribution >= 0.6 is 35.0 Å². The van der Waals surface area contributed by atoms with Gasteiger partial charge in [-0.15, -0.1) is 0 Å². The molecule has 1 aliphatic heterocycles. The molecule has 178 valence electrons. The normalized spacial score (nSPS) is 12.8. The average Bonchev–Trinajstić information content (AvgIpc) is 3.18. The lowest BCUT2D eigenvalue weighted by atomic mass is 10.2. The Hall–Kier alpha value is -3.27. The Morgan fingerprint density at radius 3 is 2.40 bits per heavy atom. The number of hydrogen-bond acceptors (Lipinski definition) is 7. The second kappa shape index (κ2) is 10.2. The molecule has 2 aromatic heterocycles. The van der Waals surface area contributed by atoms with Gasteiger partial charge in [0.15, 0.2) is 11.0 Å². The Morgan fingerprint density at radius 1 is 1.03 bits per heavy atom. The molecule has 0 bridgehead atoms. The fraction of sp³-hybridized carbons (Fsp3) is 0.167. The summed E-state index contributed by atoms with van der Waals surface area (Å²) in [5.41, 5.74) is 1.84. The van der Waals surface area contributed by atoms with Crippen LogP contribution in [0.2, 0.25) is 10.0 Å². The predicted molar refractivity (Wildman–Crippen MR) is 140 cm³/mol. The van der Waals surface area contributed by atoms with Gasteiger partial charge in [0.2, 0.25) is 0 Å². The highest BCUT2D eigenvalue weighted by Crippen LogP contribution is 2.31. The summed E-state index contributed by atoms with van der Waals surface area (Å²) in [5, 5.41) is 14.5. The number of aromatic amines is 1. The SMILES string of the molecule is Cc1cc(Nc2cc(N3CCC3)nc(Sc3ccc(NC(=O)c4c(Cl)cccc4Cl)cc3)n2)n[nH]1. The smallest absolute Gasteiger partial charge is 0.258 e. The van der Waals surface area contributed by atoms with E-state index in [0.29, 0.717) is 32.5 Å². The molecule has 11 heteroatoms. The molecular weight excluding hydrogens is 505 g/mol. The van der Waals surface area contributed by atoms with Crippen LogP contribution in [-0.2, 0) is 0 Å². The quantitative estimate of drug-likeness (QED) is 0.248. The standard InChI is InChI=1S/C24H21Cl2N7OS/c1-14-12-20(32-31-14)28-19-13-21(33-10-3-11-33)30-24(29-19)35-16-8-6-15(7-9-16)27-23(34)22-17(25)4-2-5-18(22)26/h2,4-9,12-13H,3,10-11H2,1H3,(H,27,34)(H2,28,29,30,31,32). The molecule has 0 radical (unpaired) electrons. The predicted octanol–water partition coefficient (Wildman–Crippen LogP) is 6.17. The Morgan fingerprint density at radius 2 is 1.77 bits per heavy atom. The number of halogens is 2. The third-order valence-electron chi connectivity index (χ3n) is 5.35. The highest BCUT2D eigenvalue weighted by molar-refractivity contribution is 7.99. The molecule has 3 N–H and O–H groups in total. The van der Waals surface area contributed by atoms with Gasteiger partial charge in [-0.05, 0) is 61.5 Å². The summed E-state index contributed by atoms with van der Waals surface area (Å²) in [6, 6.07) is 16.2. The van der Waals surface area contributed by atoms with E-state index in [2.05, 4.69) is 30.7 Å². The van der Waals surface area contributed by atoms with Crippen molar-refractivity contribution in [2.75, 3.05) is 28.6 Å². The summed E-state index contributed by atoms with van der Waals surface area (Å²) in [6.45, 7) is 3.90. The van der Waals surface area contributed by atoms with E-state index in [1.807, 2.05) is 43.3 Å². The van der Waals surface area contributed by atoms with Crippen LogP contribution < -0.4 is 15.5 Å². The summed E-state index contributed by atoms with van der Waals surface area (Å²) in [7, 11) is 0. The van der Waals surface area contributed by atoms with Crippen molar-refractivity contribution < 1.29 is 4.79 Å². The molecule has 0 atom stereocenters. The maximum Gasteiger partial charge on any atom is 0.258 e. The Labute approximate surface area is 216 Å². The van der Waals surface area contributed by atoms with E-state index >= 15 is 0 Å². The third-order valence-corrected chi connectivity index (χ3v) is 6.85. The summed E-state index contributed by atoms with van der Waals surface area (Å²) < 4.78 is 0. The summed E-state index contributed by atoms with van der Waals surface area (Å²) in [4.78, 5) is 25.2. The zero-order chi connectivity index (χ0) is 24.4. The molecule has 35 heavy (non-hydrogen) atoms. The number of anilines is 4. The minimum Gasteiger partial charge on any atom is -0.356 e. The monoisotopic (exact) mass is 525 g/mol. The van der Waals surface area contributed by atoms with Crippen LogP contribution in [0.1, 0.15) is 22.5 Å². The Bertz CT molecular complexity index is 1350. The highest BCUT2D eigenvalue weighted by atomic mass is 35.5. The van der Waals surface area contributed by atoms with Gasteiger partial charge in [-0.2, -0.15) is 5.10 Å². The number of H-pyrrole nitrogens is 1. The molecule has 0 spiro atoms. The van der Waals surface area contributed by atoms with Crippen LogP contribution in [0.25, 0.3) is 0 Å². The topological polar surface area (TPSA) is 98.8 Å². The number of nitrogens with one attached hydrogen (secondary N) is 3. The average molecular weight is 526 g/mol. The molecule has 8 nitrogen and oxygen atoms in total. The molecule has 2 aromatic carbocycles. The lowest BCUT2D eigenvalue weighted by Crippen LogP contribution is -2.37. The van der Waals surface area contributed by atoms with Gasteiger partial charge in [0.25, 0.3) is 5.91 Å². The lowest BCUT2D eigenvalue weighted by molar-refractivity contribution is 0.102. The number of rotatable bonds is 7. The highest BCUT2D eigenvalue weighted by Gasteiger charge is 2.19. The number of carbonyl (C=O) groups is 1. The number of carbonyl (C=O) groups excluding carboxylic acids is 1. The fourth-order valence-corrected chi connectivity index (χ4v) is 4.80. The molecule has 0 aliphatic carbocycles. The van der Waals surface area contributed by atoms with E-state index in [1.165, 1.54) is 11.8 Å². The van der Waals surface area contributed by atoms with Crippen molar-refractivity contribution in [3.8, 4) is 0 Å². The Balaban J connectivity index is 1.32. The van der Waals surface area contributed by atoms with Crippen molar-refractivity contribution in [1.29, 1.82) is 0 Å². The molecule has 1 saturated heterocycles. The Kier molecular flexibility index (Phi) is 6.81. The van der Waals surface area contributed by atoms with E-state index in [9.17, 15) is 4.79 Å². The molecule has 1 aliphatic rings. The molecule has 0 unspecified atom stereocenters. The van der Waals surface area contributed by atoms with Gasteiger partial charge in [0.05, 0.1) is 15.6 Å². The van der Waals surface area contributed by atoms with Gasteiger partial charge in [-0.1, -0.05) is 29.3 Å². The summed E-state index contributed by atoms with van der Waals surface area (Å²) >= 11 is 13.7. The molecular formula is C24H21Cl2N7OS. The molecule has 0 saturated carbocycles. The van der Waals surface area contributed by atoms with E-state index < -0.39 is 0 Å². The van der Waals surface area contributed by atoms with Crippen LogP contribution in [0, 0.1) is 6.92 Å². The molecule has 3 heterocycles. The first-order valence-corrected chi connectivity index (χ1v) is 12.5. The van der Waals surface area contributed by atoms with Gasteiger partial charge in [0, 0.05) is 41.5 Å². The molecule has 5 rings (SSSR count). The van der Waals surface area contributed by atoms with Crippen LogP contribution in [0.3, 0.4) is 0 Å². The second-order valence-corrected chi connectivity index (χ2v) is 9.83. The van der Waals surface area contributed by atoms with Crippen LogP contribution in [0.15, 0.2) is 64.6 Å². The fourth-order valence-electron chi connectivity index (χ4n) is 3.46. The van der Waals surface area contributed by atoms with Crippen molar-refractivity contribution in [2.24, 2.45) is 0 Å². The molecule has 1 amide bonds. The van der Waals surface area contributed by atoms with E-state index in [0.717, 1.165) is 35.9 Å². The minimum atomic E-state index is -0.365. The number of aryl methyl sites for hydroxylation is 1. The first-order valence-electron chi connectivity index (χ1n) is 10.9. The van der Waals surface area contributed by atoms with Gasteiger partial charge in [-0.3, -0.25) is 9.89 Å². The second-order valence-electron chi connectivity index (χ2n) is 7.97. The number of aromatic nitrogens is 4. The van der Waals surface area contributed by atoms with Crippen molar-refractivity contribution in [3.63, 3.8) is 0 Å². The minimum absolute atomic E-state index is 0.248. The summed E-state index contributed by atoms with van der Waals surface area (Å²) in [5.74, 6) is 1.89. The zero-order valence-electron chi connectivity index (χ0n) is 18.7. The number of benzene rings is 2. The largest absolute Gasteiger partial charge is 0.356 e. The van der Waals surface area contributed by atoms with Crippen LogP contribution in [-0.4, -0.2) is 39.2 Å². The first-order chi connectivity index (χ1) is 16.9. The maximum atomic E-state index is 12.6. The van der Waals surface area contributed by atoms with Crippen LogP contribution in [0.4, 0.5) is 23.1 Å². The zero-order valence-corrected chi connectivity index (χ0v) is 21.0. The van der Waals surface area contributed by atoms with Gasteiger partial charge < -0.3 is 15.5 Å². The van der Waals surface area contributed by atoms with Crippen LogP contribution in [0.5, 0.6) is 0 Å². The third kappa shape index (κ3) is 5.53. The van der Waals surface area contributed by atoms with Gasteiger partial charge in [0.1, 0.15) is 11.6 Å². The number of amides is 1. The molecule has 1 fully saturated rings. The number of hydrogen-bond donors (Lipinski definition) is 3. The molecule has 4 aromatic rings. The van der Waals surface area contributed by atoms with Gasteiger partial charge >= 0.3 is 0 Å². The van der Waals surface area contributed by atoms with Crippen molar-refractivity contribution in [3.05, 3.63) is 75.9 Å². The van der Waals surface area contributed by atoms with Gasteiger partial charge in [-0.25, -0.2) is 9.97 Å².